The van der Waals surface area contributed by atoms with E-state index in [1.807, 2.05) is 0 Å². The van der Waals surface area contributed by atoms with E-state index >= 15 is 0 Å². The van der Waals surface area contributed by atoms with Crippen molar-refractivity contribution in [2.45, 2.75) is 135 Å². The Balaban J connectivity index is 1.73. The van der Waals surface area contributed by atoms with Crippen LogP contribution in [0.5, 0.6) is 0 Å². The van der Waals surface area contributed by atoms with Gasteiger partial charge >= 0.3 is 0 Å². The van der Waals surface area contributed by atoms with Gasteiger partial charge in [-0.15, -0.1) is 0 Å². The van der Waals surface area contributed by atoms with Crippen molar-refractivity contribution in [1.82, 2.24) is 0 Å². The fourth-order valence-corrected chi connectivity index (χ4v) is 15.6. The zero-order valence-corrected chi connectivity index (χ0v) is 27.1. The molecule has 0 unspecified atom stereocenters. The predicted molar refractivity (Wildman–Crippen MR) is 162 cm³/mol. The van der Waals surface area contributed by atoms with Gasteiger partial charge in [0.2, 0.25) is 8.32 Å². The average Bonchev–Trinajstić information content (AvgIpc) is 3.37. The minimum Gasteiger partial charge on any atom is -0.408 e. The summed E-state index contributed by atoms with van der Waals surface area (Å²) in [5.74, 6) is 0.668. The Hall–Kier alpha value is -1.19. The van der Waals surface area contributed by atoms with Crippen LogP contribution >= 0.6 is 0 Å². The largest absolute Gasteiger partial charge is 0.408 e. The molecule has 1 aromatic carbocycles. The second kappa shape index (κ2) is 12.0. The van der Waals surface area contributed by atoms with Crippen LogP contribution in [0.25, 0.3) is 0 Å². The first-order chi connectivity index (χ1) is 18.6. The van der Waals surface area contributed by atoms with Crippen LogP contribution in [0.15, 0.2) is 30.3 Å². The van der Waals surface area contributed by atoms with Crippen molar-refractivity contribution in [3.63, 3.8) is 0 Å². The molecule has 0 aliphatic heterocycles. The molecule has 4 nitrogen and oxygen atoms in total. The molecule has 0 amide bonds. The summed E-state index contributed by atoms with van der Waals surface area (Å²) in [4.78, 5) is 0. The Morgan fingerprint density at radius 2 is 1.62 bits per heavy atom. The highest BCUT2D eigenvalue weighted by Crippen LogP contribution is 2.81. The van der Waals surface area contributed by atoms with E-state index in [4.69, 9.17) is 13.9 Å². The van der Waals surface area contributed by atoms with Crippen LogP contribution in [0.3, 0.4) is 0 Å². The molecule has 0 spiro atoms. The number of nitrogens with zero attached hydrogens (tertiary/aromatic N) is 1. The number of nitriles is 1. The minimum atomic E-state index is -2.27. The number of hydrogen-bond acceptors (Lipinski definition) is 4. The van der Waals surface area contributed by atoms with Crippen LogP contribution in [-0.2, 0) is 20.5 Å². The van der Waals surface area contributed by atoms with E-state index in [0.717, 1.165) is 45.3 Å². The van der Waals surface area contributed by atoms with Gasteiger partial charge in [-0.2, -0.15) is 5.26 Å². The molecule has 0 saturated heterocycles. The van der Waals surface area contributed by atoms with Gasteiger partial charge in [-0.3, -0.25) is 0 Å². The van der Waals surface area contributed by atoms with Crippen molar-refractivity contribution in [3.05, 3.63) is 35.9 Å². The molecule has 3 saturated carbocycles. The van der Waals surface area contributed by atoms with E-state index in [1.54, 1.807) is 0 Å². The highest BCUT2D eigenvalue weighted by molar-refractivity contribution is 6.77. The predicted octanol–water partition coefficient (Wildman–Crippen LogP) is 9.06. The van der Waals surface area contributed by atoms with E-state index in [9.17, 15) is 5.26 Å². The molecule has 0 radical (unpaired) electrons. The Bertz CT molecular complexity index is 968. The zero-order chi connectivity index (χ0) is 28.5. The van der Waals surface area contributed by atoms with Crippen molar-refractivity contribution >= 4 is 8.32 Å². The molecule has 3 aliphatic rings. The van der Waals surface area contributed by atoms with Gasteiger partial charge in [0, 0.05) is 25.0 Å². The van der Waals surface area contributed by atoms with E-state index < -0.39 is 19.3 Å². The smallest absolute Gasteiger partial charge is 0.201 e. The first kappa shape index (κ1) is 30.8. The summed E-state index contributed by atoms with van der Waals surface area (Å²) in [6.45, 7) is 21.0. The third-order valence-corrected chi connectivity index (χ3v) is 17.5. The molecular weight excluding hydrogens is 498 g/mol. The van der Waals surface area contributed by atoms with Crippen LogP contribution in [-0.4, -0.2) is 33.2 Å². The lowest BCUT2D eigenvalue weighted by Gasteiger charge is -2.54. The topological polar surface area (TPSA) is 51.5 Å². The molecule has 3 aliphatic carbocycles. The maximum absolute atomic E-state index is 11.0. The first-order valence-corrected chi connectivity index (χ1v) is 18.1. The fraction of sp³-hybridized carbons (Fsp3) is 0.794. The third-order valence-electron chi connectivity index (χ3n) is 11.4. The molecule has 0 heterocycles. The second-order valence-electron chi connectivity index (χ2n) is 14.0. The van der Waals surface area contributed by atoms with E-state index in [2.05, 4.69) is 91.8 Å². The van der Waals surface area contributed by atoms with Gasteiger partial charge < -0.3 is 13.9 Å². The lowest BCUT2D eigenvalue weighted by atomic mass is 9.65. The van der Waals surface area contributed by atoms with Crippen LogP contribution in [0.1, 0.15) is 106 Å². The van der Waals surface area contributed by atoms with Crippen molar-refractivity contribution in [2.24, 2.45) is 22.7 Å². The maximum atomic E-state index is 11.0. The summed E-state index contributed by atoms with van der Waals surface area (Å²) in [6, 6.07) is 13.5. The molecule has 4 rings (SSSR count). The van der Waals surface area contributed by atoms with Crippen molar-refractivity contribution in [1.29, 1.82) is 5.26 Å². The molecule has 1 aromatic rings. The van der Waals surface area contributed by atoms with E-state index in [-0.39, 0.29) is 11.5 Å². The van der Waals surface area contributed by atoms with Gasteiger partial charge in [-0.1, -0.05) is 98.6 Å². The van der Waals surface area contributed by atoms with Crippen molar-refractivity contribution in [2.75, 3.05) is 13.2 Å². The number of unbranched alkanes of at least 4 members (excludes halogenated alkanes) is 2. The molecule has 39 heavy (non-hydrogen) atoms. The van der Waals surface area contributed by atoms with Crippen molar-refractivity contribution < 1.29 is 13.9 Å². The standard InChI is InChI=1S/C34H55NO3Si/c1-9-10-14-18-36-19-17-32-20-28(8)33(24-35)21-30(32)31(37-23-29-15-12-11-13-16-29)22-34(32,33)38-39(25(2)3,26(4)5)27(6)7/h11-13,15-16,25-28,30-31H,9-10,14,17-23H2,1-8H3/t28-,30-,31+,32-,33+,34-/m1/s1. The number of hydrogen-bond donors (Lipinski definition) is 0. The molecule has 218 valence electrons. The number of ether oxygens (including phenoxy) is 2. The van der Waals surface area contributed by atoms with Gasteiger partial charge in [0.1, 0.15) is 0 Å². The van der Waals surface area contributed by atoms with Crippen LogP contribution in [0.2, 0.25) is 16.6 Å². The quantitative estimate of drug-likeness (QED) is 0.161. The Morgan fingerprint density at radius 1 is 0.949 bits per heavy atom. The summed E-state index contributed by atoms with van der Waals surface area (Å²) in [7, 11) is -2.27. The summed E-state index contributed by atoms with van der Waals surface area (Å²) < 4.78 is 21.0. The normalized spacial score (nSPS) is 33.5. The molecule has 3 fully saturated rings. The Labute approximate surface area is 240 Å². The fourth-order valence-electron chi connectivity index (χ4n) is 9.77. The summed E-state index contributed by atoms with van der Waals surface area (Å²) in [6.07, 6.45) is 7.45. The van der Waals surface area contributed by atoms with Crippen LogP contribution < -0.4 is 0 Å². The lowest BCUT2D eigenvalue weighted by Crippen LogP contribution is -2.61. The average molecular weight is 554 g/mol. The lowest BCUT2D eigenvalue weighted by molar-refractivity contribution is -0.0892. The van der Waals surface area contributed by atoms with Crippen LogP contribution in [0.4, 0.5) is 0 Å². The number of benzene rings is 1. The van der Waals surface area contributed by atoms with E-state index in [1.165, 1.54) is 18.4 Å². The Morgan fingerprint density at radius 3 is 2.21 bits per heavy atom. The molecule has 5 heteroatoms. The minimum absolute atomic E-state index is 0.0643. The van der Waals surface area contributed by atoms with Gasteiger partial charge in [0.25, 0.3) is 0 Å². The van der Waals surface area contributed by atoms with Gasteiger partial charge in [-0.05, 0) is 59.7 Å². The summed E-state index contributed by atoms with van der Waals surface area (Å²) >= 11 is 0. The summed E-state index contributed by atoms with van der Waals surface area (Å²) in [5.41, 5.74) is 1.67. The zero-order valence-electron chi connectivity index (χ0n) is 26.1. The van der Waals surface area contributed by atoms with E-state index in [0.29, 0.717) is 35.1 Å². The highest BCUT2D eigenvalue weighted by atomic mass is 28.4. The molecule has 0 aromatic heterocycles. The third kappa shape index (κ3) is 4.76. The highest BCUT2D eigenvalue weighted by Gasteiger charge is 2.85. The summed E-state index contributed by atoms with van der Waals surface area (Å²) in [5, 5.41) is 11.0. The Kier molecular flexibility index (Phi) is 9.44. The molecule has 0 N–H and O–H groups in total. The SMILES string of the molecule is CCCCCOCC[C@@]12C[C@@H](C)[C@@]3(C#N)C[C@@H]1[C@@H](OCc1ccccc1)C[C@@]23O[Si](C(C)C)(C(C)C)C(C)C. The van der Waals surface area contributed by atoms with Gasteiger partial charge in [0.15, 0.2) is 0 Å². The first-order valence-electron chi connectivity index (χ1n) is 15.9. The maximum Gasteiger partial charge on any atom is 0.201 e. The van der Waals surface area contributed by atoms with Crippen LogP contribution in [0, 0.1) is 34.0 Å². The molecule has 4 bridgehead atoms. The molecular formula is C34H55NO3Si. The monoisotopic (exact) mass is 553 g/mol. The van der Waals surface area contributed by atoms with Gasteiger partial charge in [0.05, 0.1) is 29.8 Å². The van der Waals surface area contributed by atoms with Crippen molar-refractivity contribution in [3.8, 4) is 6.07 Å². The van der Waals surface area contributed by atoms with Gasteiger partial charge in [-0.25, -0.2) is 0 Å². The number of rotatable bonds is 15. The second-order valence-corrected chi connectivity index (χ2v) is 19.4. The molecule has 6 atom stereocenters.